The van der Waals surface area contributed by atoms with E-state index in [9.17, 15) is 0 Å². The summed E-state index contributed by atoms with van der Waals surface area (Å²) in [5.74, 6) is 0. The lowest BCUT2D eigenvalue weighted by atomic mass is 10.0. The minimum absolute atomic E-state index is 0.150. The number of hydrogen-bond donors (Lipinski definition) is 1. The highest BCUT2D eigenvalue weighted by molar-refractivity contribution is 9.11. The van der Waals surface area contributed by atoms with Gasteiger partial charge in [0.2, 0.25) is 0 Å². The molecule has 0 fully saturated rings. The molecule has 2 aromatic heterocycles. The number of nitrogens with two attached hydrogens (primary N) is 1. The fraction of sp³-hybridized carbons (Fsp3) is 0.462. The Hall–Kier alpha value is -0.650. The molecule has 0 saturated heterocycles. The first-order valence-electron chi connectivity index (χ1n) is 5.96. The van der Waals surface area contributed by atoms with E-state index in [1.807, 2.05) is 11.7 Å². The van der Waals surface area contributed by atoms with Crippen LogP contribution in [0.2, 0.25) is 0 Å². The summed E-state index contributed by atoms with van der Waals surface area (Å²) in [6, 6.07) is 4.36. The molecule has 2 rings (SSSR count). The Kier molecular flexibility index (Phi) is 4.25. The normalized spacial score (nSPS) is 12.9. The Morgan fingerprint density at radius 1 is 1.39 bits per heavy atom. The maximum atomic E-state index is 6.25. The summed E-state index contributed by atoms with van der Waals surface area (Å²) in [6.45, 7) is 4.15. The Morgan fingerprint density at radius 3 is 2.61 bits per heavy atom. The largest absolute Gasteiger partial charge is 0.327 e. The van der Waals surface area contributed by atoms with Crippen LogP contribution in [0.1, 0.15) is 21.8 Å². The Bertz CT molecular complexity index is 544. The average molecular weight is 328 g/mol. The van der Waals surface area contributed by atoms with Crippen molar-refractivity contribution in [3.8, 4) is 0 Å². The lowest BCUT2D eigenvalue weighted by molar-refractivity contribution is 0.664. The van der Waals surface area contributed by atoms with Gasteiger partial charge < -0.3 is 5.73 Å². The van der Waals surface area contributed by atoms with E-state index >= 15 is 0 Å². The van der Waals surface area contributed by atoms with Crippen LogP contribution in [0.15, 0.2) is 15.9 Å². The Labute approximate surface area is 120 Å². The molecule has 0 aliphatic heterocycles. The number of thiophene rings is 1. The van der Waals surface area contributed by atoms with Crippen LogP contribution < -0.4 is 5.73 Å². The van der Waals surface area contributed by atoms with Crippen molar-refractivity contribution in [2.75, 3.05) is 0 Å². The zero-order chi connectivity index (χ0) is 13.3. The predicted octanol–water partition coefficient (Wildman–Crippen LogP) is 2.97. The molecule has 0 aliphatic carbocycles. The molecular weight excluding hydrogens is 310 g/mol. The molecule has 98 valence electrons. The molecule has 3 nitrogen and oxygen atoms in total. The van der Waals surface area contributed by atoms with Crippen LogP contribution in [0.3, 0.4) is 0 Å². The molecule has 0 spiro atoms. The van der Waals surface area contributed by atoms with Crippen molar-refractivity contribution in [3.05, 3.63) is 37.7 Å². The Balaban J connectivity index is 2.05. The van der Waals surface area contributed by atoms with Gasteiger partial charge in [0.15, 0.2) is 0 Å². The average Bonchev–Trinajstić information content (AvgIpc) is 2.78. The number of rotatable bonds is 4. The highest BCUT2D eigenvalue weighted by atomic mass is 79.9. The number of aromatic nitrogens is 2. The first-order valence-corrected chi connectivity index (χ1v) is 7.57. The monoisotopic (exact) mass is 327 g/mol. The SMILES string of the molecule is Cc1nn(C)c(C)c1CC(N)Cc1ccc(Br)s1. The molecule has 1 unspecified atom stereocenters. The molecule has 2 N–H and O–H groups in total. The zero-order valence-electron chi connectivity index (χ0n) is 10.9. The third kappa shape index (κ3) is 3.02. The minimum atomic E-state index is 0.150. The highest BCUT2D eigenvalue weighted by Gasteiger charge is 2.14. The zero-order valence-corrected chi connectivity index (χ0v) is 13.3. The summed E-state index contributed by atoms with van der Waals surface area (Å²) in [5.41, 5.74) is 9.85. The number of hydrogen-bond acceptors (Lipinski definition) is 3. The van der Waals surface area contributed by atoms with Crippen molar-refractivity contribution in [3.63, 3.8) is 0 Å². The fourth-order valence-corrected chi connectivity index (χ4v) is 3.74. The van der Waals surface area contributed by atoms with Crippen molar-refractivity contribution in [1.29, 1.82) is 0 Å². The van der Waals surface area contributed by atoms with Crippen molar-refractivity contribution < 1.29 is 0 Å². The van der Waals surface area contributed by atoms with E-state index in [2.05, 4.69) is 47.0 Å². The van der Waals surface area contributed by atoms with Gasteiger partial charge in [-0.15, -0.1) is 11.3 Å². The molecule has 0 aromatic carbocycles. The molecule has 2 aromatic rings. The van der Waals surface area contributed by atoms with E-state index in [1.165, 1.54) is 19.9 Å². The molecule has 0 radical (unpaired) electrons. The molecule has 0 amide bonds. The number of nitrogens with zero attached hydrogens (tertiary/aromatic N) is 2. The maximum Gasteiger partial charge on any atom is 0.0701 e. The smallest absolute Gasteiger partial charge is 0.0701 e. The molecule has 0 aliphatic rings. The van der Waals surface area contributed by atoms with Crippen LogP contribution in [0.5, 0.6) is 0 Å². The quantitative estimate of drug-likeness (QED) is 0.938. The topological polar surface area (TPSA) is 43.8 Å². The van der Waals surface area contributed by atoms with Crippen LogP contribution in [0, 0.1) is 13.8 Å². The second-order valence-corrected chi connectivity index (χ2v) is 7.19. The van der Waals surface area contributed by atoms with Gasteiger partial charge in [-0.3, -0.25) is 4.68 Å². The summed E-state index contributed by atoms with van der Waals surface area (Å²) < 4.78 is 3.09. The second-order valence-electron chi connectivity index (χ2n) is 4.65. The van der Waals surface area contributed by atoms with Gasteiger partial charge in [0.25, 0.3) is 0 Å². The van der Waals surface area contributed by atoms with Gasteiger partial charge in [-0.2, -0.15) is 5.10 Å². The van der Waals surface area contributed by atoms with E-state index in [4.69, 9.17) is 5.73 Å². The van der Waals surface area contributed by atoms with Gasteiger partial charge in [0, 0.05) is 23.7 Å². The highest BCUT2D eigenvalue weighted by Crippen LogP contribution is 2.24. The maximum absolute atomic E-state index is 6.25. The van der Waals surface area contributed by atoms with Crippen molar-refractivity contribution in [1.82, 2.24) is 9.78 Å². The van der Waals surface area contributed by atoms with Gasteiger partial charge in [-0.25, -0.2) is 0 Å². The van der Waals surface area contributed by atoms with Crippen LogP contribution >= 0.6 is 27.3 Å². The van der Waals surface area contributed by atoms with E-state index in [1.54, 1.807) is 11.3 Å². The summed E-state index contributed by atoms with van der Waals surface area (Å²) >= 11 is 5.24. The fourth-order valence-electron chi connectivity index (χ4n) is 2.17. The second kappa shape index (κ2) is 5.55. The van der Waals surface area contributed by atoms with Gasteiger partial charge in [0.1, 0.15) is 0 Å². The minimum Gasteiger partial charge on any atom is -0.327 e. The van der Waals surface area contributed by atoms with E-state index in [0.29, 0.717) is 0 Å². The lowest BCUT2D eigenvalue weighted by Crippen LogP contribution is -2.25. The van der Waals surface area contributed by atoms with Gasteiger partial charge in [0.05, 0.1) is 9.48 Å². The van der Waals surface area contributed by atoms with Crippen LogP contribution in [-0.4, -0.2) is 15.8 Å². The predicted molar refractivity (Wildman–Crippen MR) is 80.1 cm³/mol. The number of halogens is 1. The molecule has 18 heavy (non-hydrogen) atoms. The summed E-state index contributed by atoms with van der Waals surface area (Å²) in [6.07, 6.45) is 1.81. The molecule has 5 heteroatoms. The van der Waals surface area contributed by atoms with Crippen molar-refractivity contribution in [2.24, 2.45) is 12.8 Å². The molecule has 0 bridgehead atoms. The van der Waals surface area contributed by atoms with Crippen LogP contribution in [-0.2, 0) is 19.9 Å². The first-order chi connectivity index (χ1) is 8.47. The number of aryl methyl sites for hydroxylation is 2. The van der Waals surface area contributed by atoms with E-state index in [-0.39, 0.29) is 6.04 Å². The third-order valence-corrected chi connectivity index (χ3v) is 4.86. The first kappa shape index (κ1) is 13.8. The third-order valence-electron chi connectivity index (χ3n) is 3.22. The lowest BCUT2D eigenvalue weighted by Gasteiger charge is -2.10. The van der Waals surface area contributed by atoms with Crippen LogP contribution in [0.4, 0.5) is 0 Å². The summed E-state index contributed by atoms with van der Waals surface area (Å²) in [7, 11) is 1.98. The summed E-state index contributed by atoms with van der Waals surface area (Å²) in [4.78, 5) is 1.33. The molecular formula is C13H18BrN3S. The van der Waals surface area contributed by atoms with Crippen LogP contribution in [0.25, 0.3) is 0 Å². The molecule has 0 saturated carbocycles. The van der Waals surface area contributed by atoms with Gasteiger partial charge in [-0.05, 0) is 60.3 Å². The van der Waals surface area contributed by atoms with Crippen molar-refractivity contribution in [2.45, 2.75) is 32.7 Å². The van der Waals surface area contributed by atoms with Crippen molar-refractivity contribution >= 4 is 27.3 Å². The van der Waals surface area contributed by atoms with E-state index in [0.717, 1.165) is 18.5 Å². The summed E-state index contributed by atoms with van der Waals surface area (Å²) in [5, 5.41) is 4.43. The van der Waals surface area contributed by atoms with Gasteiger partial charge >= 0.3 is 0 Å². The van der Waals surface area contributed by atoms with E-state index < -0.39 is 0 Å². The molecule has 1 atom stereocenters. The Morgan fingerprint density at radius 2 is 2.11 bits per heavy atom. The molecule has 2 heterocycles. The van der Waals surface area contributed by atoms with Gasteiger partial charge in [-0.1, -0.05) is 0 Å². The standard InChI is InChI=1S/C13H18BrN3S/c1-8-12(9(2)17(3)16-8)7-10(15)6-11-4-5-13(14)18-11/h4-5,10H,6-7,15H2,1-3H3.